The van der Waals surface area contributed by atoms with Crippen LogP contribution in [0.1, 0.15) is 12.5 Å². The summed E-state index contributed by atoms with van der Waals surface area (Å²) in [6.45, 7) is 2.11. The van der Waals surface area contributed by atoms with E-state index in [-0.39, 0.29) is 5.69 Å². The number of hydrogen-bond acceptors (Lipinski definition) is 3. The molecule has 0 spiro atoms. The fraction of sp³-hybridized carbons (Fsp3) is 0.111. The number of benzene rings is 2. The van der Waals surface area contributed by atoms with Crippen LogP contribution in [0.4, 0.5) is 15.9 Å². The van der Waals surface area contributed by atoms with E-state index in [2.05, 4.69) is 39.3 Å². The number of aryl methyl sites for hydroxylation is 1. The topological polar surface area (TPSA) is 53.6 Å². The van der Waals surface area contributed by atoms with Crippen molar-refractivity contribution in [1.29, 1.82) is 0 Å². The smallest absolute Gasteiger partial charge is 0.158 e. The van der Waals surface area contributed by atoms with E-state index in [1.165, 1.54) is 30.1 Å². The first-order chi connectivity index (χ1) is 11.7. The van der Waals surface area contributed by atoms with Gasteiger partial charge in [0, 0.05) is 15.9 Å². The molecule has 0 fully saturated rings. The SMILES string of the molecule is CCc1ccc2[nH]c3c(Nc4cc(Cl)ccc4F)ncnc3c2c1. The molecule has 0 atom stereocenters. The maximum atomic E-state index is 14.0. The Labute approximate surface area is 142 Å². The van der Waals surface area contributed by atoms with Gasteiger partial charge >= 0.3 is 0 Å². The first-order valence-corrected chi connectivity index (χ1v) is 8.01. The van der Waals surface area contributed by atoms with Gasteiger partial charge in [0.05, 0.1) is 5.69 Å². The zero-order valence-electron chi connectivity index (χ0n) is 12.9. The van der Waals surface area contributed by atoms with Crippen LogP contribution in [0.25, 0.3) is 21.9 Å². The molecule has 24 heavy (non-hydrogen) atoms. The van der Waals surface area contributed by atoms with Gasteiger partial charge in [-0.1, -0.05) is 24.6 Å². The van der Waals surface area contributed by atoms with Gasteiger partial charge in [0.15, 0.2) is 5.82 Å². The predicted octanol–water partition coefficient (Wildman–Crippen LogP) is 5.21. The number of aromatic amines is 1. The van der Waals surface area contributed by atoms with Gasteiger partial charge in [0.25, 0.3) is 0 Å². The summed E-state index contributed by atoms with van der Waals surface area (Å²) in [4.78, 5) is 11.9. The summed E-state index contributed by atoms with van der Waals surface area (Å²) in [5.74, 6) is 0.117. The monoisotopic (exact) mass is 340 g/mol. The predicted molar refractivity (Wildman–Crippen MR) is 95.5 cm³/mol. The summed E-state index contributed by atoms with van der Waals surface area (Å²) in [7, 11) is 0. The standard InChI is InChI=1S/C18H14ClFN4/c1-2-10-3-6-14-12(7-10)16-17(23-14)18(22-9-21-16)24-15-8-11(19)4-5-13(15)20/h3-9,23H,2H2,1H3,(H,21,22,24). The van der Waals surface area contributed by atoms with Crippen molar-refractivity contribution < 1.29 is 4.39 Å². The maximum absolute atomic E-state index is 14.0. The molecular weight excluding hydrogens is 327 g/mol. The Morgan fingerprint density at radius 2 is 2.04 bits per heavy atom. The number of fused-ring (bicyclic) bond motifs is 3. The van der Waals surface area contributed by atoms with Crippen molar-refractivity contribution in [2.45, 2.75) is 13.3 Å². The van der Waals surface area contributed by atoms with E-state index >= 15 is 0 Å². The lowest BCUT2D eigenvalue weighted by Gasteiger charge is -2.07. The minimum Gasteiger partial charge on any atom is -0.350 e. The van der Waals surface area contributed by atoms with Crippen LogP contribution < -0.4 is 5.32 Å². The van der Waals surface area contributed by atoms with Gasteiger partial charge in [-0.25, -0.2) is 14.4 Å². The Bertz CT molecular complexity index is 1060. The number of H-pyrrole nitrogens is 1. The molecule has 120 valence electrons. The molecule has 4 rings (SSSR count). The van der Waals surface area contributed by atoms with Crippen LogP contribution in [0.5, 0.6) is 0 Å². The molecule has 4 aromatic rings. The van der Waals surface area contributed by atoms with Crippen molar-refractivity contribution in [3.05, 3.63) is 59.1 Å². The lowest BCUT2D eigenvalue weighted by molar-refractivity contribution is 0.632. The summed E-state index contributed by atoms with van der Waals surface area (Å²) in [6, 6.07) is 10.6. The molecule has 0 radical (unpaired) electrons. The van der Waals surface area contributed by atoms with E-state index in [0.717, 1.165) is 28.4 Å². The van der Waals surface area contributed by atoms with Crippen molar-refractivity contribution in [1.82, 2.24) is 15.0 Å². The van der Waals surface area contributed by atoms with Gasteiger partial charge in [-0.2, -0.15) is 0 Å². The number of rotatable bonds is 3. The van der Waals surface area contributed by atoms with Gasteiger partial charge < -0.3 is 10.3 Å². The first kappa shape index (κ1) is 14.9. The largest absolute Gasteiger partial charge is 0.350 e. The third-order valence-electron chi connectivity index (χ3n) is 4.04. The Balaban J connectivity index is 1.88. The molecule has 0 unspecified atom stereocenters. The normalized spacial score (nSPS) is 11.3. The van der Waals surface area contributed by atoms with Crippen LogP contribution in [0.2, 0.25) is 5.02 Å². The highest BCUT2D eigenvalue weighted by Crippen LogP contribution is 2.30. The fourth-order valence-corrected chi connectivity index (χ4v) is 2.95. The molecule has 0 aliphatic rings. The highest BCUT2D eigenvalue weighted by Gasteiger charge is 2.12. The third kappa shape index (κ3) is 2.47. The molecule has 0 aliphatic carbocycles. The number of hydrogen-bond donors (Lipinski definition) is 2. The number of nitrogens with one attached hydrogen (secondary N) is 2. The molecule has 0 aliphatic heterocycles. The molecule has 2 N–H and O–H groups in total. The van der Waals surface area contributed by atoms with E-state index in [1.807, 2.05) is 6.07 Å². The second kappa shape index (κ2) is 5.76. The minimum atomic E-state index is -0.393. The van der Waals surface area contributed by atoms with Crippen LogP contribution >= 0.6 is 11.6 Å². The zero-order valence-corrected chi connectivity index (χ0v) is 13.7. The van der Waals surface area contributed by atoms with E-state index in [1.54, 1.807) is 0 Å². The molecule has 4 nitrogen and oxygen atoms in total. The Morgan fingerprint density at radius 1 is 1.17 bits per heavy atom. The fourth-order valence-electron chi connectivity index (χ4n) is 2.77. The minimum absolute atomic E-state index is 0.274. The third-order valence-corrected chi connectivity index (χ3v) is 4.27. The van der Waals surface area contributed by atoms with Gasteiger partial charge in [-0.3, -0.25) is 0 Å². The second-order valence-corrected chi connectivity index (χ2v) is 5.99. The lowest BCUT2D eigenvalue weighted by atomic mass is 10.1. The van der Waals surface area contributed by atoms with Crippen molar-refractivity contribution >= 4 is 45.0 Å². The zero-order chi connectivity index (χ0) is 16.7. The van der Waals surface area contributed by atoms with E-state index in [9.17, 15) is 4.39 Å². The molecule has 2 heterocycles. The summed E-state index contributed by atoms with van der Waals surface area (Å²) in [6.07, 6.45) is 2.42. The van der Waals surface area contributed by atoms with Gasteiger partial charge in [-0.05, 0) is 42.3 Å². The van der Waals surface area contributed by atoms with Crippen LogP contribution in [-0.4, -0.2) is 15.0 Å². The van der Waals surface area contributed by atoms with Crippen molar-refractivity contribution in [3.8, 4) is 0 Å². The van der Waals surface area contributed by atoms with Crippen molar-refractivity contribution in [3.63, 3.8) is 0 Å². The number of aromatic nitrogens is 3. The van der Waals surface area contributed by atoms with Gasteiger partial charge in [0.1, 0.15) is 23.2 Å². The molecular formula is C18H14ClFN4. The van der Waals surface area contributed by atoms with E-state index in [4.69, 9.17) is 11.6 Å². The molecule has 2 aromatic heterocycles. The van der Waals surface area contributed by atoms with Crippen LogP contribution in [-0.2, 0) is 6.42 Å². The van der Waals surface area contributed by atoms with Crippen LogP contribution in [0.3, 0.4) is 0 Å². The summed E-state index contributed by atoms with van der Waals surface area (Å²) < 4.78 is 14.0. The summed E-state index contributed by atoms with van der Waals surface area (Å²) >= 11 is 5.95. The Hall–Kier alpha value is -2.66. The maximum Gasteiger partial charge on any atom is 0.158 e. The molecule has 2 aromatic carbocycles. The van der Waals surface area contributed by atoms with Crippen molar-refractivity contribution in [2.75, 3.05) is 5.32 Å². The number of nitrogens with zero attached hydrogens (tertiary/aromatic N) is 2. The Morgan fingerprint density at radius 3 is 2.88 bits per heavy atom. The molecule has 6 heteroatoms. The molecule has 0 saturated heterocycles. The second-order valence-electron chi connectivity index (χ2n) is 5.55. The molecule has 0 saturated carbocycles. The van der Waals surface area contributed by atoms with Crippen molar-refractivity contribution in [2.24, 2.45) is 0 Å². The van der Waals surface area contributed by atoms with Crippen LogP contribution in [0.15, 0.2) is 42.7 Å². The average Bonchev–Trinajstić information content (AvgIpc) is 2.97. The highest BCUT2D eigenvalue weighted by molar-refractivity contribution is 6.30. The quantitative estimate of drug-likeness (QED) is 0.538. The van der Waals surface area contributed by atoms with Gasteiger partial charge in [0.2, 0.25) is 0 Å². The number of anilines is 2. The van der Waals surface area contributed by atoms with Crippen LogP contribution in [0, 0.1) is 5.82 Å². The van der Waals surface area contributed by atoms with E-state index < -0.39 is 5.82 Å². The molecule has 0 bridgehead atoms. The molecule has 0 amide bonds. The highest BCUT2D eigenvalue weighted by atomic mass is 35.5. The van der Waals surface area contributed by atoms with E-state index in [0.29, 0.717) is 10.8 Å². The average molecular weight is 341 g/mol. The summed E-state index contributed by atoms with van der Waals surface area (Å²) in [5.41, 5.74) is 4.02. The lowest BCUT2D eigenvalue weighted by Crippen LogP contribution is -1.98. The Kier molecular flexibility index (Phi) is 3.58. The first-order valence-electron chi connectivity index (χ1n) is 7.63. The van der Waals surface area contributed by atoms with Gasteiger partial charge in [-0.15, -0.1) is 0 Å². The summed E-state index contributed by atoms with van der Waals surface area (Å²) in [5, 5.41) is 4.49. The number of halogens is 2.